The molecule has 0 saturated carbocycles. The molecule has 1 saturated heterocycles. The molecule has 2 rings (SSSR count). The van der Waals surface area contributed by atoms with Crippen LogP contribution >= 0.6 is 0 Å². The quantitative estimate of drug-likeness (QED) is 0.883. The summed E-state index contributed by atoms with van der Waals surface area (Å²) in [5.74, 6) is -0.383. The highest BCUT2D eigenvalue weighted by Gasteiger charge is 2.61. The highest BCUT2D eigenvalue weighted by atomic mass is 32.2. The van der Waals surface area contributed by atoms with E-state index >= 15 is 0 Å². The van der Waals surface area contributed by atoms with Crippen LogP contribution in [0.5, 0.6) is 0 Å². The lowest BCUT2D eigenvalue weighted by Gasteiger charge is -2.43. The zero-order valence-corrected chi connectivity index (χ0v) is 11.4. The van der Waals surface area contributed by atoms with Crippen LogP contribution in [-0.4, -0.2) is 26.1 Å². The monoisotopic (exact) mass is 268 g/mol. The molecular weight excluding hydrogens is 252 g/mol. The molecule has 0 radical (unpaired) electrons. The van der Waals surface area contributed by atoms with Gasteiger partial charge in [-0.25, -0.2) is 12.7 Å². The van der Waals surface area contributed by atoms with Crippen molar-refractivity contribution in [3.05, 3.63) is 29.8 Å². The molecule has 1 amide bonds. The molecule has 98 valence electrons. The third kappa shape index (κ3) is 1.56. The lowest BCUT2D eigenvalue weighted by atomic mass is 10.1. The molecule has 1 aliphatic heterocycles. The standard InChI is InChI=1S/C12H16N2O3S/c1-12(2)11(15)14(18(12,16)17)10-7-5-4-6-9(10)8-13-3/h4-7,13H,8H2,1-3H3. The van der Waals surface area contributed by atoms with Crippen LogP contribution in [0.3, 0.4) is 0 Å². The molecule has 18 heavy (non-hydrogen) atoms. The molecular formula is C12H16N2O3S. The van der Waals surface area contributed by atoms with E-state index in [1.54, 1.807) is 25.2 Å². The highest BCUT2D eigenvalue weighted by Crippen LogP contribution is 2.40. The molecule has 1 N–H and O–H groups in total. The van der Waals surface area contributed by atoms with Crippen molar-refractivity contribution < 1.29 is 13.2 Å². The summed E-state index contributed by atoms with van der Waals surface area (Å²) in [4.78, 5) is 12.0. The minimum atomic E-state index is -3.59. The molecule has 0 atom stereocenters. The number of nitrogens with zero attached hydrogens (tertiary/aromatic N) is 1. The van der Waals surface area contributed by atoms with Crippen LogP contribution in [0, 0.1) is 0 Å². The molecule has 0 unspecified atom stereocenters. The maximum atomic E-state index is 12.1. The number of amides is 1. The predicted octanol–water partition coefficient (Wildman–Crippen LogP) is 0.861. The molecule has 1 aliphatic rings. The molecule has 1 aromatic rings. The summed E-state index contributed by atoms with van der Waals surface area (Å²) in [6.45, 7) is 3.37. The van der Waals surface area contributed by atoms with Gasteiger partial charge >= 0.3 is 0 Å². The van der Waals surface area contributed by atoms with Gasteiger partial charge in [0.05, 0.1) is 5.69 Å². The number of rotatable bonds is 3. The first kappa shape index (κ1) is 13.0. The first-order chi connectivity index (χ1) is 8.34. The van der Waals surface area contributed by atoms with Gasteiger partial charge in [-0.3, -0.25) is 4.79 Å². The molecule has 6 heteroatoms. The van der Waals surface area contributed by atoms with Crippen LogP contribution in [0.1, 0.15) is 19.4 Å². The van der Waals surface area contributed by atoms with E-state index in [0.29, 0.717) is 12.2 Å². The fourth-order valence-electron chi connectivity index (χ4n) is 1.94. The Labute approximate surface area is 107 Å². The van der Waals surface area contributed by atoms with E-state index in [1.807, 2.05) is 6.07 Å². The van der Waals surface area contributed by atoms with Gasteiger partial charge in [0.15, 0.2) is 4.75 Å². The Balaban J connectivity index is 2.49. The third-order valence-electron chi connectivity index (χ3n) is 3.16. The third-order valence-corrected chi connectivity index (χ3v) is 5.47. The molecule has 0 spiro atoms. The van der Waals surface area contributed by atoms with Crippen molar-refractivity contribution in [2.45, 2.75) is 25.1 Å². The number of para-hydroxylation sites is 1. The molecule has 1 aromatic carbocycles. The van der Waals surface area contributed by atoms with Gasteiger partial charge in [0, 0.05) is 6.54 Å². The van der Waals surface area contributed by atoms with E-state index < -0.39 is 14.8 Å². The Morgan fingerprint density at radius 1 is 1.28 bits per heavy atom. The number of carbonyl (C=O) groups excluding carboxylic acids is 1. The van der Waals surface area contributed by atoms with Gasteiger partial charge in [-0.2, -0.15) is 0 Å². The van der Waals surface area contributed by atoms with Gasteiger partial charge in [0.1, 0.15) is 0 Å². The van der Waals surface area contributed by atoms with Gasteiger partial charge in [-0.15, -0.1) is 0 Å². The Morgan fingerprint density at radius 3 is 2.44 bits per heavy atom. The number of sulfonamides is 1. The van der Waals surface area contributed by atoms with E-state index in [9.17, 15) is 13.2 Å². The molecule has 0 aliphatic carbocycles. The first-order valence-corrected chi connectivity index (χ1v) is 7.10. The summed E-state index contributed by atoms with van der Waals surface area (Å²) in [6.07, 6.45) is 0. The van der Waals surface area contributed by atoms with E-state index in [2.05, 4.69) is 5.32 Å². The van der Waals surface area contributed by atoms with Crippen molar-refractivity contribution in [1.82, 2.24) is 5.32 Å². The van der Waals surface area contributed by atoms with Crippen molar-refractivity contribution in [1.29, 1.82) is 0 Å². The fraction of sp³-hybridized carbons (Fsp3) is 0.417. The minimum absolute atomic E-state index is 0.383. The lowest BCUT2D eigenvalue weighted by molar-refractivity contribution is -0.120. The second-order valence-electron chi connectivity index (χ2n) is 4.74. The molecule has 1 fully saturated rings. The van der Waals surface area contributed by atoms with Gasteiger partial charge in [-0.05, 0) is 32.5 Å². The van der Waals surface area contributed by atoms with Crippen LogP contribution in [-0.2, 0) is 21.4 Å². The Morgan fingerprint density at radius 2 is 1.89 bits per heavy atom. The zero-order valence-electron chi connectivity index (χ0n) is 10.6. The first-order valence-electron chi connectivity index (χ1n) is 5.66. The van der Waals surface area contributed by atoms with Crippen LogP contribution in [0.4, 0.5) is 5.69 Å². The topological polar surface area (TPSA) is 66.5 Å². The molecule has 0 bridgehead atoms. The zero-order chi connectivity index (χ0) is 13.6. The van der Waals surface area contributed by atoms with Gasteiger partial charge < -0.3 is 5.32 Å². The van der Waals surface area contributed by atoms with Crippen molar-refractivity contribution in [2.24, 2.45) is 0 Å². The average molecular weight is 268 g/mol. The van der Waals surface area contributed by atoms with Gasteiger partial charge in [0.25, 0.3) is 15.9 Å². The molecule has 5 nitrogen and oxygen atoms in total. The van der Waals surface area contributed by atoms with Gasteiger partial charge in [0.2, 0.25) is 0 Å². The van der Waals surface area contributed by atoms with Crippen molar-refractivity contribution in [3.63, 3.8) is 0 Å². The fourth-order valence-corrected chi connectivity index (χ4v) is 3.46. The normalized spacial score (nSPS) is 20.6. The van der Waals surface area contributed by atoms with Crippen LogP contribution in [0.25, 0.3) is 0 Å². The number of benzene rings is 1. The Hall–Kier alpha value is -1.40. The van der Waals surface area contributed by atoms with Crippen LogP contribution in [0.15, 0.2) is 24.3 Å². The van der Waals surface area contributed by atoms with Crippen LogP contribution < -0.4 is 9.62 Å². The number of hydrogen-bond donors (Lipinski definition) is 1. The number of hydrogen-bond acceptors (Lipinski definition) is 4. The van der Waals surface area contributed by atoms with Crippen LogP contribution in [0.2, 0.25) is 0 Å². The second-order valence-corrected chi connectivity index (χ2v) is 7.08. The number of anilines is 1. The number of nitrogens with one attached hydrogen (secondary N) is 1. The maximum Gasteiger partial charge on any atom is 0.263 e. The lowest BCUT2D eigenvalue weighted by Crippen LogP contribution is -2.67. The Kier molecular flexibility index (Phi) is 2.95. The van der Waals surface area contributed by atoms with E-state index in [1.165, 1.54) is 13.8 Å². The van der Waals surface area contributed by atoms with Crippen molar-refractivity contribution >= 4 is 21.6 Å². The largest absolute Gasteiger partial charge is 0.316 e. The Bertz CT molecular complexity index is 593. The SMILES string of the molecule is CNCc1ccccc1N1C(=O)C(C)(C)S1(=O)=O. The van der Waals surface area contributed by atoms with Crippen molar-refractivity contribution in [3.8, 4) is 0 Å². The summed E-state index contributed by atoms with van der Waals surface area (Å²) in [7, 11) is -1.82. The highest BCUT2D eigenvalue weighted by molar-refractivity contribution is 7.98. The van der Waals surface area contributed by atoms with E-state index in [0.717, 1.165) is 9.87 Å². The molecule has 1 heterocycles. The second kappa shape index (κ2) is 4.07. The summed E-state index contributed by atoms with van der Waals surface area (Å²) in [5, 5.41) is 2.96. The summed E-state index contributed by atoms with van der Waals surface area (Å²) in [6, 6.07) is 7.00. The van der Waals surface area contributed by atoms with Gasteiger partial charge in [-0.1, -0.05) is 18.2 Å². The van der Waals surface area contributed by atoms with E-state index in [4.69, 9.17) is 0 Å². The van der Waals surface area contributed by atoms with Crippen molar-refractivity contribution in [2.75, 3.05) is 11.4 Å². The summed E-state index contributed by atoms with van der Waals surface area (Å²) >= 11 is 0. The average Bonchev–Trinajstić information content (AvgIpc) is 2.31. The minimum Gasteiger partial charge on any atom is -0.316 e. The summed E-state index contributed by atoms with van der Waals surface area (Å²) in [5.41, 5.74) is 1.23. The van der Waals surface area contributed by atoms with E-state index in [-0.39, 0.29) is 5.91 Å². The molecule has 0 aromatic heterocycles. The number of carbonyl (C=O) groups is 1. The summed E-state index contributed by atoms with van der Waals surface area (Å²) < 4.78 is 23.8. The smallest absolute Gasteiger partial charge is 0.263 e. The maximum absolute atomic E-state index is 12.1. The predicted molar refractivity (Wildman–Crippen MR) is 69.7 cm³/mol.